The van der Waals surface area contributed by atoms with Crippen LogP contribution in [-0.4, -0.2) is 33.0 Å². The van der Waals surface area contributed by atoms with Crippen LogP contribution >= 0.6 is 0 Å². The van der Waals surface area contributed by atoms with Crippen LogP contribution in [0.4, 0.5) is 5.69 Å². The van der Waals surface area contributed by atoms with E-state index >= 15 is 0 Å². The molecule has 2 N–H and O–H groups in total. The van der Waals surface area contributed by atoms with Crippen molar-refractivity contribution in [2.45, 2.75) is 6.10 Å². The van der Waals surface area contributed by atoms with Crippen LogP contribution in [0.25, 0.3) is 0 Å². The topological polar surface area (TPSA) is 73.1 Å². The fourth-order valence-electron chi connectivity index (χ4n) is 1.98. The molecule has 1 heterocycles. The van der Waals surface area contributed by atoms with Gasteiger partial charge in [-0.2, -0.15) is 0 Å². The lowest BCUT2D eigenvalue weighted by Gasteiger charge is -2.16. The van der Waals surface area contributed by atoms with Crippen molar-refractivity contribution in [3.05, 3.63) is 36.3 Å². The molecule has 2 aromatic rings. The highest BCUT2D eigenvalue weighted by molar-refractivity contribution is 5.62. The van der Waals surface area contributed by atoms with E-state index in [4.69, 9.17) is 18.6 Å². The van der Waals surface area contributed by atoms with Crippen molar-refractivity contribution in [3.63, 3.8) is 0 Å². The highest BCUT2D eigenvalue weighted by Crippen LogP contribution is 2.40. The van der Waals surface area contributed by atoms with Crippen LogP contribution < -0.4 is 19.5 Å². The average molecular weight is 293 g/mol. The minimum absolute atomic E-state index is 0.298. The van der Waals surface area contributed by atoms with Gasteiger partial charge in [0.25, 0.3) is 0 Å². The summed E-state index contributed by atoms with van der Waals surface area (Å²) in [5.74, 6) is 2.13. The van der Waals surface area contributed by atoms with Crippen molar-refractivity contribution in [1.82, 2.24) is 0 Å². The summed E-state index contributed by atoms with van der Waals surface area (Å²) in [7, 11) is 4.66. The Labute approximate surface area is 123 Å². The van der Waals surface area contributed by atoms with Crippen LogP contribution in [0.3, 0.4) is 0 Å². The number of rotatable bonds is 7. The molecule has 21 heavy (non-hydrogen) atoms. The molecule has 1 aromatic carbocycles. The normalized spacial score (nSPS) is 11.8. The lowest BCUT2D eigenvalue weighted by Crippen LogP contribution is -2.11. The van der Waals surface area contributed by atoms with Crippen molar-refractivity contribution >= 4 is 5.69 Å². The van der Waals surface area contributed by atoms with Gasteiger partial charge in [0.2, 0.25) is 5.75 Å². The summed E-state index contributed by atoms with van der Waals surface area (Å²) in [4.78, 5) is 0. The minimum atomic E-state index is -0.737. The quantitative estimate of drug-likeness (QED) is 0.817. The summed E-state index contributed by atoms with van der Waals surface area (Å²) in [6.45, 7) is 0.298. The second-order valence-electron chi connectivity index (χ2n) is 4.33. The standard InChI is InChI=1S/C15H19NO5/c1-18-13-7-10(8-14(19-2)15(13)20-3)16-9-11(17)12-5-4-6-21-12/h4-8,11,16-17H,9H2,1-3H3. The first kappa shape index (κ1) is 15.1. The number of aliphatic hydroxyl groups is 1. The second kappa shape index (κ2) is 6.90. The minimum Gasteiger partial charge on any atom is -0.493 e. The molecule has 0 aliphatic carbocycles. The summed E-state index contributed by atoms with van der Waals surface area (Å²) in [5, 5.41) is 13.1. The Balaban J connectivity index is 2.13. The molecule has 0 bridgehead atoms. The Morgan fingerprint density at radius 2 is 1.81 bits per heavy atom. The number of hydrogen-bond acceptors (Lipinski definition) is 6. The van der Waals surface area contributed by atoms with E-state index < -0.39 is 6.10 Å². The monoisotopic (exact) mass is 293 g/mol. The predicted octanol–water partition coefficient (Wildman–Crippen LogP) is 2.45. The van der Waals surface area contributed by atoms with E-state index in [9.17, 15) is 5.11 Å². The summed E-state index contributed by atoms with van der Waals surface area (Å²) in [6, 6.07) is 7.01. The molecule has 0 saturated heterocycles. The summed E-state index contributed by atoms with van der Waals surface area (Å²) >= 11 is 0. The predicted molar refractivity (Wildman–Crippen MR) is 78.3 cm³/mol. The highest BCUT2D eigenvalue weighted by atomic mass is 16.5. The average Bonchev–Trinajstić information content (AvgIpc) is 3.05. The van der Waals surface area contributed by atoms with Crippen LogP contribution in [0, 0.1) is 0 Å². The SMILES string of the molecule is COc1cc(NCC(O)c2ccco2)cc(OC)c1OC. The van der Waals surface area contributed by atoms with Crippen LogP contribution in [0.2, 0.25) is 0 Å². The lowest BCUT2D eigenvalue weighted by atomic mass is 10.2. The molecule has 0 amide bonds. The number of anilines is 1. The van der Waals surface area contributed by atoms with Crippen molar-refractivity contribution in [1.29, 1.82) is 0 Å². The molecule has 0 spiro atoms. The van der Waals surface area contributed by atoms with E-state index in [-0.39, 0.29) is 0 Å². The van der Waals surface area contributed by atoms with E-state index in [0.717, 1.165) is 5.69 Å². The molecule has 6 heteroatoms. The molecule has 2 rings (SSSR count). The zero-order chi connectivity index (χ0) is 15.2. The molecular weight excluding hydrogens is 274 g/mol. The molecule has 0 aliphatic rings. The summed E-state index contributed by atoms with van der Waals surface area (Å²) in [5.41, 5.74) is 0.745. The summed E-state index contributed by atoms with van der Waals surface area (Å²) < 4.78 is 21.0. The molecule has 1 unspecified atom stereocenters. The maximum Gasteiger partial charge on any atom is 0.203 e. The van der Waals surface area contributed by atoms with Gasteiger partial charge in [0.1, 0.15) is 11.9 Å². The Morgan fingerprint density at radius 1 is 1.14 bits per heavy atom. The molecule has 6 nitrogen and oxygen atoms in total. The third kappa shape index (κ3) is 3.41. The number of methoxy groups -OCH3 is 3. The maximum atomic E-state index is 9.98. The third-order valence-corrected chi connectivity index (χ3v) is 3.04. The van der Waals surface area contributed by atoms with Crippen LogP contribution in [0.15, 0.2) is 34.9 Å². The highest BCUT2D eigenvalue weighted by Gasteiger charge is 2.15. The van der Waals surface area contributed by atoms with E-state index in [2.05, 4.69) is 5.32 Å². The van der Waals surface area contributed by atoms with E-state index in [1.165, 1.54) is 6.26 Å². The zero-order valence-corrected chi connectivity index (χ0v) is 12.3. The first-order chi connectivity index (χ1) is 10.2. The van der Waals surface area contributed by atoms with Gasteiger partial charge < -0.3 is 29.1 Å². The van der Waals surface area contributed by atoms with Crippen LogP contribution in [0.5, 0.6) is 17.2 Å². The Bertz CT molecular complexity index is 542. The molecule has 114 valence electrons. The first-order valence-electron chi connectivity index (χ1n) is 6.45. The molecule has 0 aliphatic heterocycles. The number of hydrogen-bond donors (Lipinski definition) is 2. The maximum absolute atomic E-state index is 9.98. The fourth-order valence-corrected chi connectivity index (χ4v) is 1.98. The van der Waals surface area contributed by atoms with Gasteiger partial charge in [-0.3, -0.25) is 0 Å². The summed E-state index contributed by atoms with van der Waals surface area (Å²) in [6.07, 6.45) is 0.789. The van der Waals surface area contributed by atoms with Gasteiger partial charge in [0.15, 0.2) is 11.5 Å². The van der Waals surface area contributed by atoms with E-state index in [0.29, 0.717) is 29.6 Å². The van der Waals surface area contributed by atoms with Gasteiger partial charge in [-0.15, -0.1) is 0 Å². The van der Waals surface area contributed by atoms with Gasteiger partial charge in [-0.1, -0.05) is 0 Å². The zero-order valence-electron chi connectivity index (χ0n) is 12.3. The van der Waals surface area contributed by atoms with Crippen molar-refractivity contribution in [3.8, 4) is 17.2 Å². The number of nitrogens with one attached hydrogen (secondary N) is 1. The number of ether oxygens (including phenoxy) is 3. The Morgan fingerprint density at radius 3 is 2.29 bits per heavy atom. The van der Waals surface area contributed by atoms with Crippen LogP contribution in [0.1, 0.15) is 11.9 Å². The van der Waals surface area contributed by atoms with Gasteiger partial charge in [0, 0.05) is 24.4 Å². The number of aliphatic hydroxyl groups excluding tert-OH is 1. The van der Waals surface area contributed by atoms with Gasteiger partial charge in [0.05, 0.1) is 27.6 Å². The van der Waals surface area contributed by atoms with E-state index in [1.54, 1.807) is 45.6 Å². The first-order valence-corrected chi connectivity index (χ1v) is 6.45. The molecule has 0 saturated carbocycles. The third-order valence-electron chi connectivity index (χ3n) is 3.04. The molecule has 1 aromatic heterocycles. The van der Waals surface area contributed by atoms with Gasteiger partial charge >= 0.3 is 0 Å². The Kier molecular flexibility index (Phi) is 4.94. The number of furan rings is 1. The number of benzene rings is 1. The molecule has 0 radical (unpaired) electrons. The molecule has 1 atom stereocenters. The lowest BCUT2D eigenvalue weighted by molar-refractivity contribution is 0.162. The van der Waals surface area contributed by atoms with Crippen molar-refractivity contribution in [2.24, 2.45) is 0 Å². The smallest absolute Gasteiger partial charge is 0.203 e. The fraction of sp³-hybridized carbons (Fsp3) is 0.333. The largest absolute Gasteiger partial charge is 0.493 e. The Hall–Kier alpha value is -2.34. The van der Waals surface area contributed by atoms with Gasteiger partial charge in [-0.05, 0) is 12.1 Å². The van der Waals surface area contributed by atoms with Gasteiger partial charge in [-0.25, -0.2) is 0 Å². The van der Waals surface area contributed by atoms with E-state index in [1.807, 2.05) is 0 Å². The van der Waals surface area contributed by atoms with Crippen molar-refractivity contribution < 1.29 is 23.7 Å². The van der Waals surface area contributed by atoms with Crippen LogP contribution in [-0.2, 0) is 0 Å². The molecular formula is C15H19NO5. The van der Waals surface area contributed by atoms with Crippen molar-refractivity contribution in [2.75, 3.05) is 33.2 Å². The molecule has 0 fully saturated rings. The second-order valence-corrected chi connectivity index (χ2v) is 4.33.